The maximum absolute atomic E-state index is 12.2. The van der Waals surface area contributed by atoms with E-state index in [2.05, 4.69) is 16.2 Å². The Hall–Kier alpha value is -2.42. The molecule has 0 aliphatic rings. The van der Waals surface area contributed by atoms with Gasteiger partial charge in [0.2, 0.25) is 5.91 Å². The number of nitrogens with one attached hydrogen (secondary N) is 2. The quantitative estimate of drug-likeness (QED) is 0.833. The average Bonchev–Trinajstić information content (AvgIpc) is 2.85. The van der Waals surface area contributed by atoms with E-state index in [1.54, 1.807) is 24.3 Å². The molecule has 2 aromatic rings. The van der Waals surface area contributed by atoms with Gasteiger partial charge in [-0.2, -0.15) is 0 Å². The van der Waals surface area contributed by atoms with E-state index in [1.165, 1.54) is 18.0 Å². The van der Waals surface area contributed by atoms with Gasteiger partial charge < -0.3 is 15.2 Å². The van der Waals surface area contributed by atoms with Gasteiger partial charge in [0.15, 0.2) is 0 Å². The highest BCUT2D eigenvalue weighted by molar-refractivity contribution is 6.41. The first-order valence-electron chi connectivity index (χ1n) is 6.56. The number of likely N-dealkylation sites (N-methyl/N-ethyl adjacent to an activating group) is 1. The maximum atomic E-state index is 12.2. The molecule has 118 valence electrons. The van der Waals surface area contributed by atoms with E-state index < -0.39 is 5.91 Å². The lowest BCUT2D eigenvalue weighted by atomic mass is 10.2. The first-order valence-corrected chi connectivity index (χ1v) is 7.32. The summed E-state index contributed by atoms with van der Waals surface area (Å²) < 4.78 is 0. The molecule has 0 saturated heterocycles. The van der Waals surface area contributed by atoms with Gasteiger partial charge in [-0.25, -0.2) is 0 Å². The van der Waals surface area contributed by atoms with Crippen molar-refractivity contribution in [3.8, 4) is 12.3 Å². The summed E-state index contributed by atoms with van der Waals surface area (Å²) >= 11 is 11.6. The van der Waals surface area contributed by atoms with Crippen LogP contribution >= 0.6 is 23.2 Å². The molecule has 23 heavy (non-hydrogen) atoms. The van der Waals surface area contributed by atoms with Gasteiger partial charge in [0.05, 0.1) is 11.6 Å². The van der Waals surface area contributed by atoms with Crippen LogP contribution in [-0.2, 0) is 4.79 Å². The minimum Gasteiger partial charge on any atom is -0.340 e. The van der Waals surface area contributed by atoms with Gasteiger partial charge in [-0.05, 0) is 24.3 Å². The highest BCUT2D eigenvalue weighted by Crippen LogP contribution is 2.22. The average molecular weight is 350 g/mol. The maximum Gasteiger partial charge on any atom is 0.270 e. The second kappa shape index (κ2) is 7.23. The summed E-state index contributed by atoms with van der Waals surface area (Å²) in [5.74, 6) is 1.74. The smallest absolute Gasteiger partial charge is 0.270 e. The Bertz CT molecular complexity index is 773. The highest BCUT2D eigenvalue weighted by atomic mass is 35.5. The van der Waals surface area contributed by atoms with Crippen molar-refractivity contribution in [1.29, 1.82) is 0 Å². The summed E-state index contributed by atoms with van der Waals surface area (Å²) in [6, 6.07) is 8.29. The number of H-pyrrole nitrogens is 1. The molecule has 0 bridgehead atoms. The summed E-state index contributed by atoms with van der Waals surface area (Å²) in [4.78, 5) is 28.1. The summed E-state index contributed by atoms with van der Waals surface area (Å²) in [5, 5.41) is 3.11. The molecular formula is C16H13Cl2N3O2. The lowest BCUT2D eigenvalue weighted by molar-refractivity contribution is -0.116. The number of anilines is 1. The normalized spacial score (nSPS) is 10.0. The molecule has 1 aromatic heterocycles. The predicted molar refractivity (Wildman–Crippen MR) is 90.8 cm³/mol. The number of rotatable bonds is 4. The third kappa shape index (κ3) is 4.28. The molecular weight excluding hydrogens is 337 g/mol. The van der Waals surface area contributed by atoms with Crippen LogP contribution in [0.1, 0.15) is 16.1 Å². The number of amides is 2. The first-order chi connectivity index (χ1) is 10.9. The standard InChI is InChI=1S/C16H13Cl2N3O2/c1-3-10-5-4-6-11(7-10)19-14(22)9-21(2)16(23)13-8-12(17)15(18)20-13/h1,4-8,20H,9H2,2H3,(H,19,22). The minimum atomic E-state index is -0.397. The molecule has 1 heterocycles. The fraction of sp³-hybridized carbons (Fsp3) is 0.125. The summed E-state index contributed by atoms with van der Waals surface area (Å²) in [7, 11) is 1.50. The van der Waals surface area contributed by atoms with Crippen molar-refractivity contribution in [1.82, 2.24) is 9.88 Å². The zero-order valence-corrected chi connectivity index (χ0v) is 13.7. The van der Waals surface area contributed by atoms with Crippen molar-refractivity contribution in [2.75, 3.05) is 18.9 Å². The van der Waals surface area contributed by atoms with Gasteiger partial charge >= 0.3 is 0 Å². The highest BCUT2D eigenvalue weighted by Gasteiger charge is 2.18. The van der Waals surface area contributed by atoms with E-state index in [-0.39, 0.29) is 28.3 Å². The van der Waals surface area contributed by atoms with Crippen LogP contribution in [0.15, 0.2) is 30.3 Å². The van der Waals surface area contributed by atoms with Crippen LogP contribution < -0.4 is 5.32 Å². The van der Waals surface area contributed by atoms with Gasteiger partial charge in [-0.1, -0.05) is 35.2 Å². The number of nitrogens with zero attached hydrogens (tertiary/aromatic N) is 1. The molecule has 7 heteroatoms. The van der Waals surface area contributed by atoms with Crippen molar-refractivity contribution in [3.05, 3.63) is 51.8 Å². The number of carbonyl (C=O) groups is 2. The second-order valence-corrected chi connectivity index (χ2v) is 5.56. The number of carbonyl (C=O) groups excluding carboxylic acids is 2. The lowest BCUT2D eigenvalue weighted by Crippen LogP contribution is -2.35. The summed E-state index contributed by atoms with van der Waals surface area (Å²) in [6.07, 6.45) is 5.31. The number of halogens is 2. The van der Waals surface area contributed by atoms with Gasteiger partial charge in [0.25, 0.3) is 5.91 Å². The van der Waals surface area contributed by atoms with Gasteiger partial charge in [-0.15, -0.1) is 6.42 Å². The number of benzene rings is 1. The number of aromatic amines is 1. The minimum absolute atomic E-state index is 0.132. The molecule has 5 nitrogen and oxygen atoms in total. The van der Waals surface area contributed by atoms with Gasteiger partial charge in [-0.3, -0.25) is 9.59 Å². The Balaban J connectivity index is 1.99. The molecule has 0 spiro atoms. The van der Waals surface area contributed by atoms with E-state index in [0.29, 0.717) is 11.3 Å². The van der Waals surface area contributed by atoms with Crippen molar-refractivity contribution in [2.45, 2.75) is 0 Å². The molecule has 0 fully saturated rings. The van der Waals surface area contributed by atoms with Crippen molar-refractivity contribution in [2.24, 2.45) is 0 Å². The molecule has 0 aliphatic heterocycles. The monoisotopic (exact) mass is 349 g/mol. The first kappa shape index (κ1) is 16.9. The Morgan fingerprint density at radius 1 is 1.35 bits per heavy atom. The van der Waals surface area contributed by atoms with Crippen LogP contribution in [0, 0.1) is 12.3 Å². The SMILES string of the molecule is C#Cc1cccc(NC(=O)CN(C)C(=O)c2cc(Cl)c(Cl)[nH]2)c1. The molecule has 0 radical (unpaired) electrons. The van der Waals surface area contributed by atoms with Crippen LogP contribution in [0.25, 0.3) is 0 Å². The van der Waals surface area contributed by atoms with Crippen LogP contribution in [0.3, 0.4) is 0 Å². The molecule has 0 aliphatic carbocycles. The van der Waals surface area contributed by atoms with Crippen molar-refractivity contribution >= 4 is 40.7 Å². The second-order valence-electron chi connectivity index (χ2n) is 4.78. The Morgan fingerprint density at radius 3 is 2.70 bits per heavy atom. The largest absolute Gasteiger partial charge is 0.340 e. The molecule has 2 rings (SSSR count). The summed E-state index contributed by atoms with van der Waals surface area (Å²) in [6.45, 7) is -0.132. The van der Waals surface area contributed by atoms with Crippen LogP contribution in [0.4, 0.5) is 5.69 Å². The van der Waals surface area contributed by atoms with E-state index in [0.717, 1.165) is 0 Å². The number of hydrogen-bond donors (Lipinski definition) is 2. The summed E-state index contributed by atoms with van der Waals surface area (Å²) in [5.41, 5.74) is 1.43. The topological polar surface area (TPSA) is 65.2 Å². The third-order valence-corrected chi connectivity index (χ3v) is 3.69. The molecule has 1 aromatic carbocycles. The number of aromatic nitrogens is 1. The van der Waals surface area contributed by atoms with E-state index >= 15 is 0 Å². The van der Waals surface area contributed by atoms with E-state index in [9.17, 15) is 9.59 Å². The molecule has 0 unspecified atom stereocenters. The van der Waals surface area contributed by atoms with E-state index in [4.69, 9.17) is 29.6 Å². The Kier molecular flexibility index (Phi) is 5.32. The van der Waals surface area contributed by atoms with Gasteiger partial charge in [0.1, 0.15) is 10.8 Å². The zero-order chi connectivity index (χ0) is 17.0. The van der Waals surface area contributed by atoms with Crippen molar-refractivity contribution in [3.63, 3.8) is 0 Å². The third-order valence-electron chi connectivity index (χ3n) is 3.00. The Labute approximate surface area is 143 Å². The van der Waals surface area contributed by atoms with Crippen LogP contribution in [-0.4, -0.2) is 35.3 Å². The van der Waals surface area contributed by atoms with Crippen LogP contribution in [0.2, 0.25) is 10.2 Å². The number of terminal acetylenes is 1. The molecule has 0 saturated carbocycles. The van der Waals surface area contributed by atoms with Crippen LogP contribution in [0.5, 0.6) is 0 Å². The fourth-order valence-corrected chi connectivity index (χ4v) is 2.21. The Morgan fingerprint density at radius 2 is 2.09 bits per heavy atom. The van der Waals surface area contributed by atoms with E-state index in [1.807, 2.05) is 0 Å². The van der Waals surface area contributed by atoms with Gasteiger partial charge in [0, 0.05) is 18.3 Å². The zero-order valence-electron chi connectivity index (χ0n) is 12.2. The predicted octanol–water partition coefficient (Wildman–Crippen LogP) is 3.01. The molecule has 2 amide bonds. The molecule has 2 N–H and O–H groups in total. The van der Waals surface area contributed by atoms with Crippen molar-refractivity contribution < 1.29 is 9.59 Å². The molecule has 0 atom stereocenters. The number of hydrogen-bond acceptors (Lipinski definition) is 2. The fourth-order valence-electron chi connectivity index (χ4n) is 1.90. The lowest BCUT2D eigenvalue weighted by Gasteiger charge is -2.16.